The minimum Gasteiger partial charge on any atom is -0.349 e. The van der Waals surface area contributed by atoms with Crippen LogP contribution < -0.4 is 5.32 Å². The molecule has 2 aromatic heterocycles. The Morgan fingerprint density at radius 1 is 1.50 bits per heavy atom. The molecular weight excluding hydrogens is 230 g/mol. The monoisotopic (exact) mass is 245 g/mol. The molecule has 0 fully saturated rings. The van der Waals surface area contributed by atoms with Crippen LogP contribution in [-0.2, 0) is 11.3 Å². The molecule has 94 valence electrons. The number of carbonyl (C=O) groups is 1. The second-order valence-corrected chi connectivity index (χ2v) is 3.98. The van der Waals surface area contributed by atoms with Crippen LogP contribution in [0.15, 0.2) is 37.2 Å². The van der Waals surface area contributed by atoms with Crippen LogP contribution in [0.25, 0.3) is 0 Å². The Hall–Kier alpha value is -2.24. The molecule has 6 heteroatoms. The van der Waals surface area contributed by atoms with Gasteiger partial charge in [-0.05, 0) is 18.6 Å². The molecule has 1 atom stereocenters. The van der Waals surface area contributed by atoms with E-state index in [2.05, 4.69) is 20.4 Å². The molecule has 1 unspecified atom stereocenters. The summed E-state index contributed by atoms with van der Waals surface area (Å²) >= 11 is 0. The lowest BCUT2D eigenvalue weighted by Crippen LogP contribution is -2.27. The maximum absolute atomic E-state index is 11.7. The van der Waals surface area contributed by atoms with Crippen molar-refractivity contribution in [2.24, 2.45) is 0 Å². The van der Waals surface area contributed by atoms with E-state index in [9.17, 15) is 4.79 Å². The number of aryl methyl sites for hydroxylation is 1. The highest BCUT2D eigenvalue weighted by Gasteiger charge is 2.09. The molecule has 2 rings (SSSR count). The van der Waals surface area contributed by atoms with Crippen LogP contribution >= 0.6 is 0 Å². The topological polar surface area (TPSA) is 72.7 Å². The van der Waals surface area contributed by atoms with Crippen molar-refractivity contribution in [3.8, 4) is 0 Å². The zero-order valence-corrected chi connectivity index (χ0v) is 10.2. The van der Waals surface area contributed by atoms with Crippen LogP contribution in [0, 0.1) is 0 Å². The number of amides is 1. The third-order valence-corrected chi connectivity index (χ3v) is 2.60. The number of rotatable bonds is 5. The van der Waals surface area contributed by atoms with Crippen LogP contribution in [0.5, 0.6) is 0 Å². The van der Waals surface area contributed by atoms with Gasteiger partial charge < -0.3 is 5.32 Å². The van der Waals surface area contributed by atoms with Crippen molar-refractivity contribution < 1.29 is 4.79 Å². The van der Waals surface area contributed by atoms with E-state index in [1.165, 1.54) is 6.33 Å². The molecule has 1 amide bonds. The summed E-state index contributed by atoms with van der Waals surface area (Å²) in [6.07, 6.45) is 6.90. The van der Waals surface area contributed by atoms with E-state index in [-0.39, 0.29) is 11.9 Å². The zero-order valence-electron chi connectivity index (χ0n) is 10.2. The molecule has 2 aromatic rings. The highest BCUT2D eigenvalue weighted by Crippen LogP contribution is 2.09. The number of carbonyl (C=O) groups excluding carboxylic acids is 1. The van der Waals surface area contributed by atoms with E-state index in [1.54, 1.807) is 23.4 Å². The van der Waals surface area contributed by atoms with Gasteiger partial charge in [0, 0.05) is 18.8 Å². The normalized spacial score (nSPS) is 12.1. The van der Waals surface area contributed by atoms with Crippen LogP contribution in [0.2, 0.25) is 0 Å². The number of hydrogen-bond donors (Lipinski definition) is 1. The lowest BCUT2D eigenvalue weighted by atomic mass is 10.1. The van der Waals surface area contributed by atoms with Gasteiger partial charge in [-0.3, -0.25) is 14.5 Å². The van der Waals surface area contributed by atoms with Crippen LogP contribution in [0.4, 0.5) is 0 Å². The second kappa shape index (κ2) is 5.90. The molecule has 0 aliphatic heterocycles. The largest absolute Gasteiger partial charge is 0.349 e. The zero-order chi connectivity index (χ0) is 12.8. The van der Waals surface area contributed by atoms with E-state index >= 15 is 0 Å². The average Bonchev–Trinajstić information content (AvgIpc) is 2.90. The van der Waals surface area contributed by atoms with E-state index in [1.807, 2.05) is 19.1 Å². The first-order valence-electron chi connectivity index (χ1n) is 5.77. The fourth-order valence-electron chi connectivity index (χ4n) is 1.59. The van der Waals surface area contributed by atoms with Gasteiger partial charge in [0.2, 0.25) is 5.91 Å². The summed E-state index contributed by atoms with van der Waals surface area (Å²) in [7, 11) is 0. The minimum absolute atomic E-state index is 0.0122. The SMILES string of the molecule is CC(NC(=O)CCn1cncn1)c1cccnc1. The van der Waals surface area contributed by atoms with Crippen molar-refractivity contribution in [2.75, 3.05) is 0 Å². The van der Waals surface area contributed by atoms with E-state index < -0.39 is 0 Å². The summed E-state index contributed by atoms with van der Waals surface area (Å²) in [6, 6.07) is 3.75. The fraction of sp³-hybridized carbons (Fsp3) is 0.333. The maximum Gasteiger partial charge on any atom is 0.222 e. The van der Waals surface area contributed by atoms with Crippen LogP contribution in [0.3, 0.4) is 0 Å². The molecule has 0 spiro atoms. The second-order valence-electron chi connectivity index (χ2n) is 3.98. The molecule has 18 heavy (non-hydrogen) atoms. The minimum atomic E-state index is -0.0399. The van der Waals surface area contributed by atoms with Gasteiger partial charge in [0.15, 0.2) is 0 Å². The molecule has 0 saturated heterocycles. The highest BCUT2D eigenvalue weighted by molar-refractivity contribution is 5.76. The Labute approximate surface area is 105 Å². The van der Waals surface area contributed by atoms with E-state index in [0.717, 1.165) is 5.56 Å². The third kappa shape index (κ3) is 3.38. The van der Waals surface area contributed by atoms with Gasteiger partial charge >= 0.3 is 0 Å². The summed E-state index contributed by atoms with van der Waals surface area (Å²) in [4.78, 5) is 19.6. The van der Waals surface area contributed by atoms with Gasteiger partial charge in [-0.25, -0.2) is 4.98 Å². The molecule has 1 N–H and O–H groups in total. The van der Waals surface area contributed by atoms with Gasteiger partial charge in [0.25, 0.3) is 0 Å². The number of aromatic nitrogens is 4. The Morgan fingerprint density at radius 3 is 3.06 bits per heavy atom. The number of nitrogens with zero attached hydrogens (tertiary/aromatic N) is 4. The molecule has 6 nitrogen and oxygen atoms in total. The Bertz CT molecular complexity index is 482. The first-order chi connectivity index (χ1) is 8.75. The molecule has 0 saturated carbocycles. The summed E-state index contributed by atoms with van der Waals surface area (Å²) < 4.78 is 1.63. The quantitative estimate of drug-likeness (QED) is 0.851. The summed E-state index contributed by atoms with van der Waals surface area (Å²) in [5, 5.41) is 6.86. The maximum atomic E-state index is 11.7. The fourth-order valence-corrected chi connectivity index (χ4v) is 1.59. The molecule has 0 bridgehead atoms. The average molecular weight is 245 g/mol. The number of pyridine rings is 1. The predicted octanol–water partition coefficient (Wildman–Crippen LogP) is 0.941. The van der Waals surface area contributed by atoms with Gasteiger partial charge in [-0.1, -0.05) is 6.07 Å². The van der Waals surface area contributed by atoms with Crippen LogP contribution in [-0.4, -0.2) is 25.7 Å². The van der Waals surface area contributed by atoms with Crippen LogP contribution in [0.1, 0.15) is 24.9 Å². The van der Waals surface area contributed by atoms with Gasteiger partial charge in [-0.2, -0.15) is 5.10 Å². The molecule has 2 heterocycles. The molecule has 0 aliphatic rings. The Balaban J connectivity index is 1.80. The lowest BCUT2D eigenvalue weighted by molar-refractivity contribution is -0.122. The van der Waals surface area contributed by atoms with Crippen molar-refractivity contribution in [1.82, 2.24) is 25.1 Å². The van der Waals surface area contributed by atoms with Gasteiger partial charge in [0.05, 0.1) is 12.6 Å². The van der Waals surface area contributed by atoms with Crippen molar-refractivity contribution in [3.63, 3.8) is 0 Å². The summed E-state index contributed by atoms with van der Waals surface area (Å²) in [5.41, 5.74) is 0.992. The van der Waals surface area contributed by atoms with Crippen molar-refractivity contribution in [1.29, 1.82) is 0 Å². The highest BCUT2D eigenvalue weighted by atomic mass is 16.1. The molecular formula is C12H15N5O. The van der Waals surface area contributed by atoms with Crippen molar-refractivity contribution >= 4 is 5.91 Å². The van der Waals surface area contributed by atoms with E-state index in [4.69, 9.17) is 0 Å². The molecule has 0 aliphatic carbocycles. The molecule has 0 aromatic carbocycles. The van der Waals surface area contributed by atoms with Gasteiger partial charge in [0.1, 0.15) is 12.7 Å². The standard InChI is InChI=1S/C12H15N5O/c1-10(11-3-2-5-13-7-11)16-12(18)4-6-17-9-14-8-15-17/h2-3,5,7-10H,4,6H2,1H3,(H,16,18). The predicted molar refractivity (Wildman–Crippen MR) is 65.4 cm³/mol. The summed E-state index contributed by atoms with van der Waals surface area (Å²) in [6.45, 7) is 2.47. The summed E-state index contributed by atoms with van der Waals surface area (Å²) in [5.74, 6) is -0.0122. The van der Waals surface area contributed by atoms with Crippen molar-refractivity contribution in [3.05, 3.63) is 42.7 Å². The Morgan fingerprint density at radius 2 is 2.39 bits per heavy atom. The van der Waals surface area contributed by atoms with E-state index in [0.29, 0.717) is 13.0 Å². The lowest BCUT2D eigenvalue weighted by Gasteiger charge is -2.13. The Kier molecular flexibility index (Phi) is 4.01. The number of nitrogens with one attached hydrogen (secondary N) is 1. The van der Waals surface area contributed by atoms with Crippen molar-refractivity contribution in [2.45, 2.75) is 25.9 Å². The third-order valence-electron chi connectivity index (χ3n) is 2.60. The first-order valence-corrected chi connectivity index (χ1v) is 5.77. The molecule has 0 radical (unpaired) electrons. The van der Waals surface area contributed by atoms with Gasteiger partial charge in [-0.15, -0.1) is 0 Å². The first kappa shape index (κ1) is 12.2. The smallest absolute Gasteiger partial charge is 0.222 e. The number of hydrogen-bond acceptors (Lipinski definition) is 4.